The third kappa shape index (κ3) is 3.70. The first-order valence-electron chi connectivity index (χ1n) is 6.61. The first-order valence-corrected chi connectivity index (χ1v) is 7.43. The number of nitrogens with one attached hydrogen (secondary N) is 1. The quantitative estimate of drug-likeness (QED) is 0.838. The summed E-state index contributed by atoms with van der Waals surface area (Å²) in [7, 11) is 0. The summed E-state index contributed by atoms with van der Waals surface area (Å²) in [5.74, 6) is 0.0786. The molecular formula is C15H18FN3S. The van der Waals surface area contributed by atoms with Crippen molar-refractivity contribution in [1.82, 2.24) is 9.97 Å². The molecule has 0 fully saturated rings. The molecule has 1 aromatic carbocycles. The number of halogens is 1. The third-order valence-electron chi connectivity index (χ3n) is 2.94. The lowest BCUT2D eigenvalue weighted by Gasteiger charge is -2.07. The summed E-state index contributed by atoms with van der Waals surface area (Å²) in [6.45, 7) is 6.94. The fourth-order valence-electron chi connectivity index (χ4n) is 1.63. The van der Waals surface area contributed by atoms with E-state index in [-0.39, 0.29) is 0 Å². The highest BCUT2D eigenvalue weighted by molar-refractivity contribution is 7.99. The number of nitrogens with zero attached hydrogens (tertiary/aromatic N) is 2. The molecule has 1 N–H and O–H groups in total. The fourth-order valence-corrected chi connectivity index (χ4v) is 2.51. The van der Waals surface area contributed by atoms with E-state index in [1.54, 1.807) is 0 Å². The van der Waals surface area contributed by atoms with Crippen LogP contribution in [0.3, 0.4) is 0 Å². The monoisotopic (exact) mass is 291 g/mol. The van der Waals surface area contributed by atoms with Crippen LogP contribution in [0.5, 0.6) is 0 Å². The van der Waals surface area contributed by atoms with Crippen LogP contribution < -0.4 is 5.32 Å². The first-order chi connectivity index (χ1) is 9.60. The van der Waals surface area contributed by atoms with Gasteiger partial charge in [-0.2, -0.15) is 0 Å². The lowest BCUT2D eigenvalue weighted by Crippen LogP contribution is -2.05. The van der Waals surface area contributed by atoms with Crippen molar-refractivity contribution >= 4 is 17.7 Å². The summed E-state index contributed by atoms with van der Waals surface area (Å²) in [6.07, 6.45) is 2.19. The highest BCUT2D eigenvalue weighted by Gasteiger charge is 2.09. The van der Waals surface area contributed by atoms with Crippen LogP contribution in [0.25, 0.3) is 0 Å². The summed E-state index contributed by atoms with van der Waals surface area (Å²) >= 11 is 1.32. The largest absolute Gasteiger partial charge is 0.354 e. The highest BCUT2D eigenvalue weighted by Crippen LogP contribution is 2.29. The van der Waals surface area contributed by atoms with Crippen LogP contribution in [0.2, 0.25) is 0 Å². The van der Waals surface area contributed by atoms with Gasteiger partial charge in [-0.1, -0.05) is 24.8 Å². The smallest absolute Gasteiger partial charge is 0.223 e. The molecule has 1 aromatic heterocycles. The van der Waals surface area contributed by atoms with Crippen LogP contribution >= 0.6 is 11.8 Å². The normalized spacial score (nSPS) is 10.6. The molecule has 3 nitrogen and oxygen atoms in total. The second-order valence-corrected chi connectivity index (χ2v) is 5.68. The molecule has 0 bridgehead atoms. The van der Waals surface area contributed by atoms with Gasteiger partial charge < -0.3 is 5.32 Å². The van der Waals surface area contributed by atoms with E-state index in [1.807, 2.05) is 25.1 Å². The zero-order valence-corrected chi connectivity index (χ0v) is 12.7. The fraction of sp³-hybridized carbons (Fsp3) is 0.333. The van der Waals surface area contributed by atoms with Gasteiger partial charge >= 0.3 is 0 Å². The average molecular weight is 291 g/mol. The average Bonchev–Trinajstić information content (AvgIpc) is 2.44. The molecule has 1 heterocycles. The van der Waals surface area contributed by atoms with Crippen LogP contribution in [-0.4, -0.2) is 16.5 Å². The van der Waals surface area contributed by atoms with Crippen LogP contribution in [0.1, 0.15) is 24.5 Å². The molecule has 20 heavy (non-hydrogen) atoms. The Hall–Kier alpha value is -1.62. The highest BCUT2D eigenvalue weighted by atomic mass is 32.2. The van der Waals surface area contributed by atoms with Gasteiger partial charge in [0, 0.05) is 11.4 Å². The van der Waals surface area contributed by atoms with Gasteiger partial charge in [-0.25, -0.2) is 14.4 Å². The minimum absolute atomic E-state index is 0.349. The van der Waals surface area contributed by atoms with E-state index in [1.165, 1.54) is 29.1 Å². The second-order valence-electron chi connectivity index (χ2n) is 4.62. The summed E-state index contributed by atoms with van der Waals surface area (Å²) in [6, 6.07) is 6.06. The number of aromatic nitrogens is 2. The van der Waals surface area contributed by atoms with Gasteiger partial charge in [0.05, 0.1) is 6.20 Å². The van der Waals surface area contributed by atoms with Crippen LogP contribution in [0, 0.1) is 19.7 Å². The van der Waals surface area contributed by atoms with Gasteiger partial charge in [-0.3, -0.25) is 0 Å². The zero-order valence-electron chi connectivity index (χ0n) is 11.9. The lowest BCUT2D eigenvalue weighted by atomic mass is 10.1. The van der Waals surface area contributed by atoms with E-state index in [9.17, 15) is 4.39 Å². The van der Waals surface area contributed by atoms with Gasteiger partial charge in [0.15, 0.2) is 5.82 Å². The minimum Gasteiger partial charge on any atom is -0.354 e. The molecule has 0 saturated heterocycles. The molecule has 0 saturated carbocycles. The van der Waals surface area contributed by atoms with Crippen molar-refractivity contribution in [1.29, 1.82) is 0 Å². The predicted octanol–water partition coefficient (Wildman–Crippen LogP) is 4.21. The minimum atomic E-state index is -0.393. The second kappa shape index (κ2) is 6.70. The molecule has 2 aromatic rings. The van der Waals surface area contributed by atoms with Crippen molar-refractivity contribution in [3.63, 3.8) is 0 Å². The SMILES string of the molecule is CCCNc1ncc(F)c(Sc2ccc(C)c(C)c2)n1. The number of anilines is 1. The summed E-state index contributed by atoms with van der Waals surface area (Å²) in [4.78, 5) is 9.14. The maximum Gasteiger partial charge on any atom is 0.223 e. The van der Waals surface area contributed by atoms with Crippen LogP contribution in [0.15, 0.2) is 34.3 Å². The van der Waals surface area contributed by atoms with Crippen molar-refractivity contribution in [2.75, 3.05) is 11.9 Å². The summed E-state index contributed by atoms with van der Waals surface area (Å²) in [5, 5.41) is 3.41. The Morgan fingerprint density at radius 3 is 2.75 bits per heavy atom. The van der Waals surface area contributed by atoms with Crippen molar-refractivity contribution < 1.29 is 4.39 Å². The van der Waals surface area contributed by atoms with Crippen molar-refractivity contribution in [3.8, 4) is 0 Å². The number of benzene rings is 1. The molecule has 0 unspecified atom stereocenters. The molecule has 0 aliphatic heterocycles. The lowest BCUT2D eigenvalue weighted by molar-refractivity contribution is 0.580. The van der Waals surface area contributed by atoms with Gasteiger partial charge in [0.2, 0.25) is 5.95 Å². The Balaban J connectivity index is 2.20. The number of rotatable bonds is 5. The zero-order chi connectivity index (χ0) is 14.5. The van der Waals surface area contributed by atoms with Crippen LogP contribution in [0.4, 0.5) is 10.3 Å². The van der Waals surface area contributed by atoms with E-state index in [4.69, 9.17) is 0 Å². The molecule has 0 spiro atoms. The molecule has 0 radical (unpaired) electrons. The molecule has 0 aliphatic rings. The number of hydrogen-bond acceptors (Lipinski definition) is 4. The summed E-state index contributed by atoms with van der Waals surface area (Å²) < 4.78 is 13.8. The third-order valence-corrected chi connectivity index (χ3v) is 3.91. The molecule has 0 amide bonds. The molecule has 106 valence electrons. The van der Waals surface area contributed by atoms with Crippen LogP contribution in [-0.2, 0) is 0 Å². The molecule has 0 atom stereocenters. The Bertz CT molecular complexity index is 602. The van der Waals surface area contributed by atoms with Gasteiger partial charge in [-0.15, -0.1) is 0 Å². The molecule has 5 heteroatoms. The molecule has 0 aliphatic carbocycles. The Morgan fingerprint density at radius 1 is 1.25 bits per heavy atom. The van der Waals surface area contributed by atoms with E-state index in [0.717, 1.165) is 17.9 Å². The van der Waals surface area contributed by atoms with Gasteiger partial charge in [0.1, 0.15) is 5.03 Å². The van der Waals surface area contributed by atoms with Gasteiger partial charge in [0.25, 0.3) is 0 Å². The molecular weight excluding hydrogens is 273 g/mol. The summed E-state index contributed by atoms with van der Waals surface area (Å²) in [5.41, 5.74) is 2.41. The Morgan fingerprint density at radius 2 is 2.05 bits per heavy atom. The van der Waals surface area contributed by atoms with E-state index in [0.29, 0.717) is 11.0 Å². The van der Waals surface area contributed by atoms with E-state index < -0.39 is 5.82 Å². The van der Waals surface area contributed by atoms with Crippen molar-refractivity contribution in [3.05, 3.63) is 41.3 Å². The molecule has 2 rings (SSSR count). The Labute approximate surface area is 123 Å². The first kappa shape index (κ1) is 14.8. The maximum atomic E-state index is 13.8. The predicted molar refractivity (Wildman–Crippen MR) is 80.8 cm³/mol. The number of aryl methyl sites for hydroxylation is 2. The van der Waals surface area contributed by atoms with Gasteiger partial charge in [-0.05, 0) is 43.5 Å². The standard InChI is InChI=1S/C15H18FN3S/c1-4-7-17-15-18-9-13(16)14(19-15)20-12-6-5-10(2)11(3)8-12/h5-6,8-9H,4,7H2,1-3H3,(H,17,18,19). The van der Waals surface area contributed by atoms with E-state index >= 15 is 0 Å². The van der Waals surface area contributed by atoms with E-state index in [2.05, 4.69) is 29.1 Å². The maximum absolute atomic E-state index is 13.8. The van der Waals surface area contributed by atoms with Crippen molar-refractivity contribution in [2.24, 2.45) is 0 Å². The van der Waals surface area contributed by atoms with Crippen molar-refractivity contribution in [2.45, 2.75) is 37.1 Å². The number of hydrogen-bond donors (Lipinski definition) is 1. The topological polar surface area (TPSA) is 37.8 Å². The Kier molecular flexibility index (Phi) is 4.95.